The van der Waals surface area contributed by atoms with Gasteiger partial charge in [-0.25, -0.2) is 0 Å². The lowest BCUT2D eigenvalue weighted by molar-refractivity contribution is -0.112. The summed E-state index contributed by atoms with van der Waals surface area (Å²) in [6.45, 7) is 24.8. The van der Waals surface area contributed by atoms with E-state index < -0.39 is 0 Å². The fourth-order valence-corrected chi connectivity index (χ4v) is 8.51. The Hall–Kier alpha value is 0. The zero-order chi connectivity index (χ0) is 23.8. The van der Waals surface area contributed by atoms with Gasteiger partial charge in [0.2, 0.25) is 0 Å². The van der Waals surface area contributed by atoms with Gasteiger partial charge in [0.1, 0.15) is 0 Å². The molecule has 0 N–H and O–H groups in total. The van der Waals surface area contributed by atoms with E-state index in [1.807, 2.05) is 41.5 Å². The normalized spacial score (nSPS) is 41.6. The fraction of sp³-hybridized carbons (Fsp3) is 1.00. The standard InChI is InChI=1S/C25H44.3C2H6/c1-17(2)18(3)16-20-10-12-22-21-11-9-19-8-6-7-14-24(19,4)23(21)13-15-25(20,22)5;3*1-2/h17-23H,6-16H2,1-5H3;3*1-2H3. The van der Waals surface area contributed by atoms with Gasteiger partial charge in [0, 0.05) is 0 Å². The molecule has 0 radical (unpaired) electrons. The molecule has 0 spiro atoms. The van der Waals surface area contributed by atoms with E-state index in [0.29, 0.717) is 10.8 Å². The molecule has 4 saturated carbocycles. The Balaban J connectivity index is 0.000000739. The van der Waals surface area contributed by atoms with Crippen molar-refractivity contribution < 1.29 is 0 Å². The molecule has 4 fully saturated rings. The van der Waals surface area contributed by atoms with Crippen LogP contribution in [0.3, 0.4) is 0 Å². The van der Waals surface area contributed by atoms with Crippen LogP contribution < -0.4 is 0 Å². The third kappa shape index (κ3) is 5.74. The van der Waals surface area contributed by atoms with Crippen molar-refractivity contribution in [3.63, 3.8) is 0 Å². The van der Waals surface area contributed by atoms with Gasteiger partial charge in [0.05, 0.1) is 0 Å². The van der Waals surface area contributed by atoms with Crippen LogP contribution in [0.5, 0.6) is 0 Å². The van der Waals surface area contributed by atoms with Gasteiger partial charge in [-0.2, -0.15) is 0 Å². The van der Waals surface area contributed by atoms with E-state index in [4.69, 9.17) is 0 Å². The Morgan fingerprint density at radius 2 is 1.26 bits per heavy atom. The average molecular weight is 435 g/mol. The molecule has 4 rings (SSSR count). The second kappa shape index (κ2) is 13.0. The molecule has 0 bridgehead atoms. The van der Waals surface area contributed by atoms with Crippen molar-refractivity contribution in [2.24, 2.45) is 52.3 Å². The van der Waals surface area contributed by atoms with Gasteiger partial charge in [-0.1, -0.05) is 89.0 Å². The predicted molar refractivity (Wildman–Crippen MR) is 142 cm³/mol. The molecule has 4 aliphatic carbocycles. The Morgan fingerprint density at radius 3 is 1.87 bits per heavy atom. The third-order valence-corrected chi connectivity index (χ3v) is 10.6. The predicted octanol–water partition coefficient (Wildman–Crippen LogP) is 10.8. The molecule has 0 amide bonds. The van der Waals surface area contributed by atoms with Crippen LogP contribution in [-0.4, -0.2) is 0 Å². The first-order chi connectivity index (χ1) is 14.9. The highest BCUT2D eigenvalue weighted by Crippen LogP contribution is 2.68. The molecule has 0 aromatic heterocycles. The minimum absolute atomic E-state index is 0.683. The molecule has 0 aromatic carbocycles. The molecule has 0 heteroatoms. The van der Waals surface area contributed by atoms with Crippen molar-refractivity contribution in [1.82, 2.24) is 0 Å². The van der Waals surface area contributed by atoms with E-state index in [2.05, 4.69) is 34.6 Å². The highest BCUT2D eigenvalue weighted by atomic mass is 14.6. The summed E-state index contributed by atoms with van der Waals surface area (Å²) in [6, 6.07) is 0. The summed E-state index contributed by atoms with van der Waals surface area (Å²) in [5.74, 6) is 7.08. The van der Waals surface area contributed by atoms with Gasteiger partial charge in [0.25, 0.3) is 0 Å². The van der Waals surface area contributed by atoms with E-state index in [1.54, 1.807) is 51.4 Å². The molecule has 0 heterocycles. The molecule has 0 nitrogen and oxygen atoms in total. The van der Waals surface area contributed by atoms with E-state index >= 15 is 0 Å². The second-order valence-corrected chi connectivity index (χ2v) is 11.7. The average Bonchev–Trinajstić information content (AvgIpc) is 3.13. The minimum Gasteiger partial charge on any atom is -0.0683 e. The first-order valence-corrected chi connectivity index (χ1v) is 14.9. The summed E-state index contributed by atoms with van der Waals surface area (Å²) in [5.41, 5.74) is 1.40. The minimum atomic E-state index is 0.683. The van der Waals surface area contributed by atoms with Crippen LogP contribution in [0.2, 0.25) is 0 Å². The van der Waals surface area contributed by atoms with Crippen LogP contribution in [0, 0.1) is 52.3 Å². The first kappa shape index (κ1) is 29.0. The number of rotatable bonds is 3. The van der Waals surface area contributed by atoms with Crippen molar-refractivity contribution in [2.45, 2.75) is 147 Å². The number of hydrogen-bond donors (Lipinski definition) is 0. The summed E-state index contributed by atoms with van der Waals surface area (Å²) in [7, 11) is 0. The van der Waals surface area contributed by atoms with Gasteiger partial charge in [-0.05, 0) is 110 Å². The summed E-state index contributed by atoms with van der Waals surface area (Å²) in [6.07, 6.45) is 17.0. The van der Waals surface area contributed by atoms with Crippen molar-refractivity contribution in [3.8, 4) is 0 Å². The second-order valence-electron chi connectivity index (χ2n) is 11.7. The summed E-state index contributed by atoms with van der Waals surface area (Å²) in [4.78, 5) is 0. The lowest BCUT2D eigenvalue weighted by Gasteiger charge is -2.60. The molecule has 8 atom stereocenters. The highest BCUT2D eigenvalue weighted by molar-refractivity contribution is 5.08. The summed E-state index contributed by atoms with van der Waals surface area (Å²) in [5, 5.41) is 0. The van der Waals surface area contributed by atoms with Crippen LogP contribution in [-0.2, 0) is 0 Å². The largest absolute Gasteiger partial charge is 0.0683 e. The maximum atomic E-state index is 2.73. The van der Waals surface area contributed by atoms with Crippen LogP contribution in [0.25, 0.3) is 0 Å². The molecule has 31 heavy (non-hydrogen) atoms. The lowest BCUT2D eigenvalue weighted by atomic mass is 9.44. The molecule has 186 valence electrons. The molecule has 4 aliphatic rings. The molecule has 0 saturated heterocycles. The zero-order valence-corrected chi connectivity index (χ0v) is 23.8. The van der Waals surface area contributed by atoms with Gasteiger partial charge in [-0.3, -0.25) is 0 Å². The van der Waals surface area contributed by atoms with Gasteiger partial charge in [-0.15, -0.1) is 0 Å². The topological polar surface area (TPSA) is 0 Å². The SMILES string of the molecule is CC.CC.CC.CC(C)C(C)CC1CCC2C3CCC4CCCCC4(C)C3CCC12C. The van der Waals surface area contributed by atoms with Gasteiger partial charge in [0.15, 0.2) is 0 Å². The lowest BCUT2D eigenvalue weighted by Crippen LogP contribution is -2.52. The number of hydrogen-bond acceptors (Lipinski definition) is 0. The number of fused-ring (bicyclic) bond motifs is 5. The Labute approximate surface area is 199 Å². The highest BCUT2D eigenvalue weighted by Gasteiger charge is 2.59. The summed E-state index contributed by atoms with van der Waals surface area (Å²) >= 11 is 0. The smallest absolute Gasteiger partial charge is 0.0266 e. The van der Waals surface area contributed by atoms with Crippen LogP contribution >= 0.6 is 0 Å². The maximum absolute atomic E-state index is 2.73. The van der Waals surface area contributed by atoms with E-state index in [9.17, 15) is 0 Å². The Morgan fingerprint density at radius 1 is 0.645 bits per heavy atom. The van der Waals surface area contributed by atoms with Crippen LogP contribution in [0.4, 0.5) is 0 Å². The van der Waals surface area contributed by atoms with Crippen molar-refractivity contribution in [3.05, 3.63) is 0 Å². The quantitative estimate of drug-likeness (QED) is 0.414. The van der Waals surface area contributed by atoms with E-state index in [1.165, 1.54) is 19.3 Å². The molecule has 0 aliphatic heterocycles. The molecule has 0 aromatic rings. The molecule has 8 unspecified atom stereocenters. The molecular formula is C31H62. The summed E-state index contributed by atoms with van der Waals surface area (Å²) < 4.78 is 0. The molecular weight excluding hydrogens is 372 g/mol. The third-order valence-electron chi connectivity index (χ3n) is 10.6. The van der Waals surface area contributed by atoms with Crippen LogP contribution in [0.1, 0.15) is 147 Å². The maximum Gasteiger partial charge on any atom is -0.0266 e. The van der Waals surface area contributed by atoms with E-state index in [0.717, 1.165) is 41.4 Å². The van der Waals surface area contributed by atoms with Crippen LogP contribution in [0.15, 0.2) is 0 Å². The van der Waals surface area contributed by atoms with E-state index in [-0.39, 0.29) is 0 Å². The van der Waals surface area contributed by atoms with Gasteiger partial charge < -0.3 is 0 Å². The monoisotopic (exact) mass is 434 g/mol. The van der Waals surface area contributed by atoms with Crippen molar-refractivity contribution >= 4 is 0 Å². The van der Waals surface area contributed by atoms with Crippen molar-refractivity contribution in [2.75, 3.05) is 0 Å². The Kier molecular flexibility index (Phi) is 12.2. The van der Waals surface area contributed by atoms with Gasteiger partial charge >= 0.3 is 0 Å². The Bertz CT molecular complexity index is 478. The zero-order valence-electron chi connectivity index (χ0n) is 23.8. The first-order valence-electron chi connectivity index (χ1n) is 14.9. The fourth-order valence-electron chi connectivity index (χ4n) is 8.51. The van der Waals surface area contributed by atoms with Crippen molar-refractivity contribution in [1.29, 1.82) is 0 Å².